The highest BCUT2D eigenvalue weighted by Gasteiger charge is 2.16. The molecule has 1 aromatic heterocycles. The van der Waals surface area contributed by atoms with E-state index in [1.54, 1.807) is 0 Å². The summed E-state index contributed by atoms with van der Waals surface area (Å²) in [4.78, 5) is 2.31. The number of benzene rings is 8. The topological polar surface area (TPSA) is 16.4 Å². The average molecular weight is 640 g/mol. The summed E-state index contributed by atoms with van der Waals surface area (Å²) in [6, 6.07) is 71.0. The Morgan fingerprint density at radius 2 is 0.880 bits per heavy atom. The second-order valence-electron chi connectivity index (χ2n) is 12.6. The summed E-state index contributed by atoms with van der Waals surface area (Å²) in [6.07, 6.45) is 0. The maximum Gasteiger partial charge on any atom is 0.136 e. The standard InChI is InChI=1S/C48H33NO/c1-3-12-35(13-4-1)45-31-26-38(32-46(45)48-33-39-15-8-10-21-47(39)50-48)34-22-27-41(28-23-34)49(40-17-5-2-6-18-40)42-29-24-37(25-30-42)44-20-11-16-36-14-7-9-19-43(36)44/h1-33H. The first-order valence-corrected chi connectivity index (χ1v) is 17.0. The number of furan rings is 1. The van der Waals surface area contributed by atoms with E-state index in [2.05, 4.69) is 193 Å². The van der Waals surface area contributed by atoms with E-state index in [1.165, 1.54) is 21.9 Å². The van der Waals surface area contributed by atoms with Crippen molar-refractivity contribution >= 4 is 38.8 Å². The molecule has 0 N–H and O–H groups in total. The molecule has 0 unspecified atom stereocenters. The van der Waals surface area contributed by atoms with E-state index in [0.717, 1.165) is 61.6 Å². The number of anilines is 3. The SMILES string of the molecule is c1ccc(-c2ccc(-c3ccc(N(c4ccccc4)c4ccc(-c5cccc6ccccc56)cc4)cc3)cc2-c2cc3ccccc3o2)cc1. The van der Waals surface area contributed by atoms with Crippen LogP contribution in [-0.4, -0.2) is 0 Å². The summed E-state index contributed by atoms with van der Waals surface area (Å²) >= 11 is 0. The van der Waals surface area contributed by atoms with E-state index in [-0.39, 0.29) is 0 Å². The van der Waals surface area contributed by atoms with Gasteiger partial charge in [0.2, 0.25) is 0 Å². The molecule has 0 spiro atoms. The van der Waals surface area contributed by atoms with Crippen molar-refractivity contribution in [2.75, 3.05) is 4.90 Å². The third-order valence-corrected chi connectivity index (χ3v) is 9.49. The summed E-state index contributed by atoms with van der Waals surface area (Å²) < 4.78 is 6.41. The average Bonchev–Trinajstić information content (AvgIpc) is 3.64. The summed E-state index contributed by atoms with van der Waals surface area (Å²) in [5.74, 6) is 0.866. The molecule has 0 fully saturated rings. The number of para-hydroxylation sites is 2. The third kappa shape index (κ3) is 5.53. The van der Waals surface area contributed by atoms with Gasteiger partial charge in [-0.1, -0.05) is 146 Å². The van der Waals surface area contributed by atoms with Gasteiger partial charge in [-0.3, -0.25) is 0 Å². The van der Waals surface area contributed by atoms with Crippen molar-refractivity contribution in [3.05, 3.63) is 200 Å². The largest absolute Gasteiger partial charge is 0.456 e. The van der Waals surface area contributed by atoms with Gasteiger partial charge in [0.15, 0.2) is 0 Å². The van der Waals surface area contributed by atoms with Gasteiger partial charge in [-0.2, -0.15) is 0 Å². The number of nitrogens with zero attached hydrogens (tertiary/aromatic N) is 1. The molecule has 2 nitrogen and oxygen atoms in total. The lowest BCUT2D eigenvalue weighted by Crippen LogP contribution is -2.09. The van der Waals surface area contributed by atoms with Crippen LogP contribution in [0, 0.1) is 0 Å². The predicted octanol–water partition coefficient (Wildman–Crippen LogP) is 13.7. The summed E-state index contributed by atoms with van der Waals surface area (Å²) in [5, 5.41) is 3.61. The summed E-state index contributed by atoms with van der Waals surface area (Å²) in [6.45, 7) is 0. The normalized spacial score (nSPS) is 11.2. The van der Waals surface area contributed by atoms with Gasteiger partial charge in [-0.05, 0) is 98.8 Å². The molecular formula is C48H33NO. The molecule has 2 heteroatoms. The van der Waals surface area contributed by atoms with Crippen LogP contribution in [0.4, 0.5) is 17.1 Å². The monoisotopic (exact) mass is 639 g/mol. The van der Waals surface area contributed by atoms with E-state index in [4.69, 9.17) is 4.42 Å². The fraction of sp³-hybridized carbons (Fsp3) is 0. The van der Waals surface area contributed by atoms with Crippen molar-refractivity contribution < 1.29 is 4.42 Å². The van der Waals surface area contributed by atoms with Crippen LogP contribution in [-0.2, 0) is 0 Å². The van der Waals surface area contributed by atoms with Crippen LogP contribution >= 0.6 is 0 Å². The van der Waals surface area contributed by atoms with Crippen molar-refractivity contribution in [3.63, 3.8) is 0 Å². The molecule has 0 saturated heterocycles. The Labute approximate surface area is 292 Å². The van der Waals surface area contributed by atoms with Crippen molar-refractivity contribution in [2.45, 2.75) is 0 Å². The first-order chi connectivity index (χ1) is 24.8. The Kier molecular flexibility index (Phi) is 7.53. The Hall–Kier alpha value is -6.64. The number of hydrogen-bond acceptors (Lipinski definition) is 2. The lowest BCUT2D eigenvalue weighted by molar-refractivity contribution is 0.632. The van der Waals surface area contributed by atoms with Crippen LogP contribution in [0.2, 0.25) is 0 Å². The molecule has 8 aromatic carbocycles. The van der Waals surface area contributed by atoms with Gasteiger partial charge in [0.25, 0.3) is 0 Å². The molecule has 0 aliphatic heterocycles. The van der Waals surface area contributed by atoms with Crippen molar-refractivity contribution in [1.29, 1.82) is 0 Å². The molecule has 0 aliphatic carbocycles. The van der Waals surface area contributed by atoms with Gasteiger partial charge >= 0.3 is 0 Å². The second-order valence-corrected chi connectivity index (χ2v) is 12.6. The van der Waals surface area contributed by atoms with Gasteiger partial charge in [-0.15, -0.1) is 0 Å². The minimum atomic E-state index is 0.866. The van der Waals surface area contributed by atoms with Crippen molar-refractivity contribution in [1.82, 2.24) is 0 Å². The third-order valence-electron chi connectivity index (χ3n) is 9.49. The molecular weight excluding hydrogens is 607 g/mol. The predicted molar refractivity (Wildman–Crippen MR) is 210 cm³/mol. The first-order valence-electron chi connectivity index (χ1n) is 17.0. The van der Waals surface area contributed by atoms with Gasteiger partial charge in [-0.25, -0.2) is 0 Å². The molecule has 0 radical (unpaired) electrons. The molecule has 1 heterocycles. The Morgan fingerprint density at radius 1 is 0.320 bits per heavy atom. The highest BCUT2D eigenvalue weighted by Crippen LogP contribution is 2.40. The Balaban J connectivity index is 1.09. The van der Waals surface area contributed by atoms with Gasteiger partial charge < -0.3 is 9.32 Å². The molecule has 236 valence electrons. The van der Waals surface area contributed by atoms with Crippen LogP contribution < -0.4 is 4.90 Å². The lowest BCUT2D eigenvalue weighted by Gasteiger charge is -2.26. The molecule has 50 heavy (non-hydrogen) atoms. The Morgan fingerprint density at radius 3 is 1.62 bits per heavy atom. The zero-order valence-electron chi connectivity index (χ0n) is 27.4. The second kappa shape index (κ2) is 12.8. The minimum Gasteiger partial charge on any atom is -0.456 e. The molecule has 0 aliphatic rings. The number of hydrogen-bond donors (Lipinski definition) is 0. The number of rotatable bonds is 7. The summed E-state index contributed by atoms with van der Waals surface area (Å²) in [5.41, 5.74) is 12.3. The number of fused-ring (bicyclic) bond motifs is 2. The maximum atomic E-state index is 6.41. The van der Waals surface area contributed by atoms with Crippen LogP contribution in [0.15, 0.2) is 205 Å². The van der Waals surface area contributed by atoms with Gasteiger partial charge in [0, 0.05) is 28.0 Å². The van der Waals surface area contributed by atoms with E-state index in [0.29, 0.717) is 0 Å². The van der Waals surface area contributed by atoms with E-state index >= 15 is 0 Å². The van der Waals surface area contributed by atoms with E-state index < -0.39 is 0 Å². The van der Waals surface area contributed by atoms with Crippen LogP contribution in [0.5, 0.6) is 0 Å². The molecule has 9 aromatic rings. The zero-order chi connectivity index (χ0) is 33.3. The van der Waals surface area contributed by atoms with Crippen molar-refractivity contribution in [3.8, 4) is 44.7 Å². The maximum absolute atomic E-state index is 6.41. The van der Waals surface area contributed by atoms with Gasteiger partial charge in [0.05, 0.1) is 0 Å². The molecule has 0 atom stereocenters. The molecule has 0 bridgehead atoms. The molecule has 0 amide bonds. The van der Waals surface area contributed by atoms with Gasteiger partial charge in [0.1, 0.15) is 11.3 Å². The van der Waals surface area contributed by atoms with Crippen molar-refractivity contribution in [2.24, 2.45) is 0 Å². The van der Waals surface area contributed by atoms with Crippen LogP contribution in [0.3, 0.4) is 0 Å². The van der Waals surface area contributed by atoms with E-state index in [9.17, 15) is 0 Å². The Bertz CT molecular complexity index is 2530. The van der Waals surface area contributed by atoms with Crippen LogP contribution in [0.25, 0.3) is 66.4 Å². The quantitative estimate of drug-likeness (QED) is 0.173. The minimum absolute atomic E-state index is 0.866. The highest BCUT2D eigenvalue weighted by molar-refractivity contribution is 5.97. The first kappa shape index (κ1) is 29.5. The lowest BCUT2D eigenvalue weighted by atomic mass is 9.93. The smallest absolute Gasteiger partial charge is 0.136 e. The highest BCUT2D eigenvalue weighted by atomic mass is 16.3. The van der Waals surface area contributed by atoms with E-state index in [1.807, 2.05) is 12.1 Å². The fourth-order valence-electron chi connectivity index (χ4n) is 7.01. The zero-order valence-corrected chi connectivity index (χ0v) is 27.4. The summed E-state index contributed by atoms with van der Waals surface area (Å²) in [7, 11) is 0. The molecule has 9 rings (SSSR count). The fourth-order valence-corrected chi connectivity index (χ4v) is 7.01. The van der Waals surface area contributed by atoms with Crippen LogP contribution in [0.1, 0.15) is 0 Å². The molecule has 0 saturated carbocycles.